The SMILES string of the molecule is CC1(C)OB(CCCCC(NC(c2ccccc2)(c2ccccc2)c2ccccc2)c2nnnn2CCc2c[nH]c3ccccc23)OC1(C)C. The lowest BCUT2D eigenvalue weighted by molar-refractivity contribution is 0.00578. The van der Waals surface area contributed by atoms with Crippen molar-refractivity contribution in [1.29, 1.82) is 0 Å². The van der Waals surface area contributed by atoms with Gasteiger partial charge in [0.15, 0.2) is 5.82 Å². The van der Waals surface area contributed by atoms with Crippen LogP contribution >= 0.6 is 0 Å². The average Bonchev–Trinajstić information content (AvgIpc) is 3.83. The van der Waals surface area contributed by atoms with Crippen LogP contribution in [0.4, 0.5) is 0 Å². The number of nitrogens with zero attached hydrogens (tertiary/aromatic N) is 4. The lowest BCUT2D eigenvalue weighted by Crippen LogP contribution is -2.47. The molecule has 1 aliphatic heterocycles. The lowest BCUT2D eigenvalue weighted by Gasteiger charge is -2.40. The third kappa shape index (κ3) is 6.78. The first-order chi connectivity index (χ1) is 24.3. The van der Waals surface area contributed by atoms with Gasteiger partial charge in [0.2, 0.25) is 0 Å². The molecule has 0 spiro atoms. The number of hydrogen-bond donors (Lipinski definition) is 2. The molecule has 0 radical (unpaired) electrons. The molecule has 8 nitrogen and oxygen atoms in total. The zero-order valence-electron chi connectivity index (χ0n) is 29.5. The largest absolute Gasteiger partial charge is 0.457 e. The fraction of sp³-hybridized carbons (Fsp3) is 0.341. The second-order valence-corrected chi connectivity index (χ2v) is 14.4. The van der Waals surface area contributed by atoms with E-state index in [1.807, 2.05) is 4.68 Å². The number of hydrogen-bond acceptors (Lipinski definition) is 6. The molecular formula is C41H47BN6O2. The Balaban J connectivity index is 1.23. The first-order valence-electron chi connectivity index (χ1n) is 17.9. The first-order valence-corrected chi connectivity index (χ1v) is 17.9. The highest BCUT2D eigenvalue weighted by atomic mass is 16.7. The molecule has 1 aliphatic rings. The van der Waals surface area contributed by atoms with E-state index in [4.69, 9.17) is 14.4 Å². The van der Waals surface area contributed by atoms with Gasteiger partial charge in [0, 0.05) is 23.6 Å². The number of aromatic nitrogens is 5. The number of aromatic amines is 1. The summed E-state index contributed by atoms with van der Waals surface area (Å²) in [6, 6.07) is 40.4. The van der Waals surface area contributed by atoms with E-state index in [1.54, 1.807) is 0 Å². The van der Waals surface area contributed by atoms with E-state index in [0.29, 0.717) is 6.54 Å². The third-order valence-corrected chi connectivity index (χ3v) is 10.6. The van der Waals surface area contributed by atoms with Crippen LogP contribution in [0, 0.1) is 0 Å². The number of nitrogens with one attached hydrogen (secondary N) is 2. The van der Waals surface area contributed by atoms with Gasteiger partial charge in [-0.1, -0.05) is 122 Å². The summed E-state index contributed by atoms with van der Waals surface area (Å²) in [7, 11) is -0.218. The van der Waals surface area contributed by atoms with Gasteiger partial charge in [-0.3, -0.25) is 5.32 Å². The van der Waals surface area contributed by atoms with Gasteiger partial charge in [0.1, 0.15) is 0 Å². The van der Waals surface area contributed by atoms with Crippen LogP contribution in [0.1, 0.15) is 81.1 Å². The van der Waals surface area contributed by atoms with Crippen molar-refractivity contribution in [2.45, 2.75) is 89.0 Å². The van der Waals surface area contributed by atoms with E-state index < -0.39 is 5.54 Å². The summed E-state index contributed by atoms with van der Waals surface area (Å²) >= 11 is 0. The van der Waals surface area contributed by atoms with Crippen molar-refractivity contribution < 1.29 is 9.31 Å². The smallest absolute Gasteiger partial charge is 0.403 e. The summed E-state index contributed by atoms with van der Waals surface area (Å²) in [6.07, 6.45) is 6.43. The Kier molecular flexibility index (Phi) is 9.73. The molecule has 1 atom stereocenters. The van der Waals surface area contributed by atoms with Crippen molar-refractivity contribution in [2.75, 3.05) is 0 Å². The molecule has 6 aromatic rings. The van der Waals surface area contributed by atoms with Gasteiger partial charge < -0.3 is 14.3 Å². The Morgan fingerprint density at radius 1 is 0.760 bits per heavy atom. The summed E-state index contributed by atoms with van der Waals surface area (Å²) in [4.78, 5) is 3.41. The molecule has 50 heavy (non-hydrogen) atoms. The highest BCUT2D eigenvalue weighted by Gasteiger charge is 2.50. The maximum Gasteiger partial charge on any atom is 0.457 e. The zero-order chi connectivity index (χ0) is 34.6. The van der Waals surface area contributed by atoms with Gasteiger partial charge in [-0.15, -0.1) is 5.10 Å². The van der Waals surface area contributed by atoms with Crippen molar-refractivity contribution in [3.05, 3.63) is 150 Å². The maximum absolute atomic E-state index is 6.34. The molecule has 1 saturated heterocycles. The molecule has 0 aliphatic carbocycles. The minimum atomic E-state index is -0.673. The summed E-state index contributed by atoms with van der Waals surface area (Å²) in [5, 5.41) is 19.0. The number of fused-ring (bicyclic) bond motifs is 1. The Morgan fingerprint density at radius 2 is 1.32 bits per heavy atom. The van der Waals surface area contributed by atoms with Crippen molar-refractivity contribution in [1.82, 2.24) is 30.5 Å². The Morgan fingerprint density at radius 3 is 1.92 bits per heavy atom. The van der Waals surface area contributed by atoms with Crippen LogP contribution in [-0.4, -0.2) is 43.5 Å². The highest BCUT2D eigenvalue weighted by molar-refractivity contribution is 6.45. The monoisotopic (exact) mass is 666 g/mol. The average molecular weight is 667 g/mol. The van der Waals surface area contributed by atoms with Gasteiger partial charge >= 0.3 is 7.12 Å². The fourth-order valence-electron chi connectivity index (χ4n) is 7.27. The summed E-state index contributed by atoms with van der Waals surface area (Å²) < 4.78 is 14.7. The Hall–Kier alpha value is -4.57. The molecule has 0 saturated carbocycles. The predicted octanol–water partition coefficient (Wildman–Crippen LogP) is 8.28. The van der Waals surface area contributed by atoms with E-state index in [2.05, 4.69) is 170 Å². The van der Waals surface area contributed by atoms with E-state index in [-0.39, 0.29) is 24.4 Å². The quantitative estimate of drug-likeness (QED) is 0.0691. The van der Waals surface area contributed by atoms with E-state index in [0.717, 1.165) is 60.0 Å². The van der Waals surface area contributed by atoms with Crippen molar-refractivity contribution in [2.24, 2.45) is 0 Å². The predicted molar refractivity (Wildman–Crippen MR) is 200 cm³/mol. The standard InChI is InChI=1S/C41H47BN6O2/c1-39(2)40(3,4)50-42(49-39)28-17-16-26-37(38-45-46-47-48(38)29-27-31-30-43-36-25-15-14-24-35(31)36)44-41(32-18-8-5-9-19-32,33-20-10-6-11-21-33)34-22-12-7-13-23-34/h5-15,18-25,30,37,43-44H,16-17,26-29H2,1-4H3. The molecule has 0 amide bonds. The maximum atomic E-state index is 6.34. The van der Waals surface area contributed by atoms with Gasteiger partial charge in [0.25, 0.3) is 0 Å². The summed E-state index contributed by atoms with van der Waals surface area (Å²) in [5.74, 6) is 0.827. The number of unbranched alkanes of at least 4 members (excludes halogenated alkanes) is 1. The van der Waals surface area contributed by atoms with E-state index in [1.165, 1.54) is 10.9 Å². The molecule has 7 rings (SSSR count). The van der Waals surface area contributed by atoms with Gasteiger partial charge in [-0.25, -0.2) is 4.68 Å². The van der Waals surface area contributed by atoms with Crippen LogP contribution in [0.5, 0.6) is 0 Å². The number of benzene rings is 4. The first kappa shape index (κ1) is 33.9. The van der Waals surface area contributed by atoms with Crippen LogP contribution < -0.4 is 5.32 Å². The van der Waals surface area contributed by atoms with Crippen LogP contribution in [-0.2, 0) is 27.8 Å². The normalized spacial score (nSPS) is 16.2. The highest BCUT2D eigenvalue weighted by Crippen LogP contribution is 2.41. The molecule has 2 N–H and O–H groups in total. The molecule has 2 aromatic heterocycles. The number of rotatable bonds is 14. The lowest BCUT2D eigenvalue weighted by atomic mass is 9.76. The Bertz CT molecular complexity index is 1860. The molecule has 9 heteroatoms. The number of para-hydroxylation sites is 1. The number of tetrazole rings is 1. The van der Waals surface area contributed by atoms with Crippen LogP contribution in [0.25, 0.3) is 10.9 Å². The van der Waals surface area contributed by atoms with Crippen molar-refractivity contribution >= 4 is 18.0 Å². The molecule has 1 fully saturated rings. The second-order valence-electron chi connectivity index (χ2n) is 14.4. The van der Waals surface area contributed by atoms with E-state index >= 15 is 0 Å². The van der Waals surface area contributed by atoms with Crippen molar-refractivity contribution in [3.63, 3.8) is 0 Å². The molecule has 0 bridgehead atoms. The van der Waals surface area contributed by atoms with Crippen LogP contribution in [0.3, 0.4) is 0 Å². The van der Waals surface area contributed by atoms with Gasteiger partial charge in [0.05, 0.1) is 22.8 Å². The third-order valence-electron chi connectivity index (χ3n) is 10.6. The van der Waals surface area contributed by atoms with Crippen LogP contribution in [0.15, 0.2) is 121 Å². The molecule has 3 heterocycles. The topological polar surface area (TPSA) is 89.9 Å². The second kappa shape index (κ2) is 14.3. The number of H-pyrrole nitrogens is 1. The summed E-state index contributed by atoms with van der Waals surface area (Å²) in [5.41, 5.74) is 4.49. The van der Waals surface area contributed by atoms with Crippen LogP contribution in [0.2, 0.25) is 6.32 Å². The van der Waals surface area contributed by atoms with Crippen molar-refractivity contribution in [3.8, 4) is 0 Å². The van der Waals surface area contributed by atoms with Gasteiger partial charge in [-0.05, 0) is 85.6 Å². The minimum absolute atomic E-state index is 0.174. The minimum Gasteiger partial charge on any atom is -0.403 e. The molecule has 4 aromatic carbocycles. The zero-order valence-corrected chi connectivity index (χ0v) is 29.5. The summed E-state index contributed by atoms with van der Waals surface area (Å²) in [6.45, 7) is 9.10. The molecule has 1 unspecified atom stereocenters. The van der Waals surface area contributed by atoms with Gasteiger partial charge in [-0.2, -0.15) is 0 Å². The molecule has 256 valence electrons. The molecular weight excluding hydrogens is 619 g/mol. The Labute approximate surface area is 295 Å². The number of aryl methyl sites for hydroxylation is 2. The fourth-order valence-corrected chi connectivity index (χ4v) is 7.27. The van der Waals surface area contributed by atoms with E-state index in [9.17, 15) is 0 Å².